The number of rotatable bonds is 6. The van der Waals surface area contributed by atoms with Crippen LogP contribution < -0.4 is 0 Å². The fourth-order valence-corrected chi connectivity index (χ4v) is 1.32. The Kier molecular flexibility index (Phi) is 7.18. The molecule has 1 atom stereocenters. The minimum Gasteiger partial charge on any atom is -0.469 e. The molecule has 0 saturated heterocycles. The van der Waals surface area contributed by atoms with Crippen LogP contribution in [0.15, 0.2) is 0 Å². The van der Waals surface area contributed by atoms with Gasteiger partial charge in [0.2, 0.25) is 5.50 Å². The van der Waals surface area contributed by atoms with Crippen molar-refractivity contribution in [2.24, 2.45) is 0 Å². The first kappa shape index (κ1) is 13.2. The van der Waals surface area contributed by atoms with Crippen molar-refractivity contribution in [1.29, 1.82) is 0 Å². The molecule has 0 saturated carbocycles. The number of methoxy groups -OCH3 is 1. The third kappa shape index (κ3) is 5.80. The summed E-state index contributed by atoms with van der Waals surface area (Å²) in [6.45, 7) is 1.75. The Balaban J connectivity index is 3.58. The Bertz CT molecular complexity index is 198. The Morgan fingerprint density at radius 3 is 2.64 bits per heavy atom. The van der Waals surface area contributed by atoms with Crippen LogP contribution in [0.4, 0.5) is 4.39 Å². The van der Waals surface area contributed by atoms with Crippen LogP contribution in [0.5, 0.6) is 0 Å². The van der Waals surface area contributed by atoms with Gasteiger partial charge in [-0.05, 0) is 6.92 Å². The number of hydrogen-bond acceptors (Lipinski definition) is 5. The van der Waals surface area contributed by atoms with Gasteiger partial charge in [-0.3, -0.25) is 4.79 Å². The Labute approximate surface area is 86.1 Å². The second kappa shape index (κ2) is 7.61. The number of ether oxygens (including phenoxy) is 2. The van der Waals surface area contributed by atoms with E-state index in [0.29, 0.717) is 0 Å². The summed E-state index contributed by atoms with van der Waals surface area (Å²) in [5.74, 6) is -1.12. The van der Waals surface area contributed by atoms with Crippen LogP contribution in [-0.4, -0.2) is 36.9 Å². The maximum Gasteiger partial charge on any atom is 0.351 e. The monoisotopic (exact) mass is 224 g/mol. The predicted octanol–water partition coefficient (Wildman–Crippen LogP) is 1.14. The summed E-state index contributed by atoms with van der Waals surface area (Å²) >= 11 is 0.726. The van der Waals surface area contributed by atoms with Crippen LogP contribution in [-0.2, 0) is 19.1 Å². The summed E-state index contributed by atoms with van der Waals surface area (Å²) in [5.41, 5.74) is -1.72. The zero-order valence-electron chi connectivity index (χ0n) is 8.12. The molecule has 0 aliphatic carbocycles. The summed E-state index contributed by atoms with van der Waals surface area (Å²) in [5, 5.41) is 0. The van der Waals surface area contributed by atoms with Gasteiger partial charge >= 0.3 is 11.9 Å². The molecule has 0 aromatic heterocycles. The molecule has 0 spiro atoms. The molecule has 0 aliphatic heterocycles. The van der Waals surface area contributed by atoms with Gasteiger partial charge in [0.15, 0.2) is 0 Å². The smallest absolute Gasteiger partial charge is 0.351 e. The minimum absolute atomic E-state index is 0.0843. The van der Waals surface area contributed by atoms with Crippen molar-refractivity contribution in [1.82, 2.24) is 0 Å². The minimum atomic E-state index is -1.72. The number of halogens is 1. The van der Waals surface area contributed by atoms with E-state index >= 15 is 0 Å². The number of alkyl halides is 1. The molecule has 14 heavy (non-hydrogen) atoms. The molecule has 6 heteroatoms. The summed E-state index contributed by atoms with van der Waals surface area (Å²) in [7, 11) is 1.26. The van der Waals surface area contributed by atoms with Gasteiger partial charge in [-0.25, -0.2) is 9.18 Å². The van der Waals surface area contributed by atoms with Crippen molar-refractivity contribution in [3.8, 4) is 0 Å². The Hall–Kier alpha value is -0.780. The average molecular weight is 224 g/mol. The average Bonchev–Trinajstić information content (AvgIpc) is 2.17. The predicted molar refractivity (Wildman–Crippen MR) is 50.6 cm³/mol. The number of esters is 2. The van der Waals surface area contributed by atoms with Crippen LogP contribution in [0.2, 0.25) is 0 Å². The van der Waals surface area contributed by atoms with E-state index in [1.54, 1.807) is 6.92 Å². The van der Waals surface area contributed by atoms with Crippen LogP contribution in [0.25, 0.3) is 0 Å². The van der Waals surface area contributed by atoms with Crippen molar-refractivity contribution < 1.29 is 23.5 Å². The maximum absolute atomic E-state index is 12.9. The molecule has 4 nitrogen and oxygen atoms in total. The lowest BCUT2D eigenvalue weighted by molar-refractivity contribution is -0.145. The van der Waals surface area contributed by atoms with Gasteiger partial charge in [0.25, 0.3) is 0 Å². The second-order valence-corrected chi connectivity index (χ2v) is 3.42. The molecular weight excluding hydrogens is 211 g/mol. The first-order valence-corrected chi connectivity index (χ1v) is 5.15. The van der Waals surface area contributed by atoms with E-state index in [1.807, 2.05) is 0 Å². The maximum atomic E-state index is 12.9. The van der Waals surface area contributed by atoms with Crippen molar-refractivity contribution >= 4 is 23.7 Å². The zero-order valence-corrected chi connectivity index (χ0v) is 8.93. The Morgan fingerprint density at radius 1 is 1.50 bits per heavy atom. The highest BCUT2D eigenvalue weighted by Gasteiger charge is 2.18. The van der Waals surface area contributed by atoms with E-state index in [9.17, 15) is 14.0 Å². The second-order valence-electron chi connectivity index (χ2n) is 2.27. The molecular formula is C8H13FO4S. The Morgan fingerprint density at radius 2 is 2.14 bits per heavy atom. The number of thioether (sulfide) groups is 1. The molecule has 0 amide bonds. The van der Waals surface area contributed by atoms with Gasteiger partial charge in [0, 0.05) is 5.75 Å². The molecule has 0 radical (unpaired) electrons. The summed E-state index contributed by atoms with van der Waals surface area (Å²) < 4.78 is 21.7. The molecule has 82 valence electrons. The van der Waals surface area contributed by atoms with Crippen LogP contribution in [0, 0.1) is 0 Å². The van der Waals surface area contributed by atoms with Crippen molar-refractivity contribution in [3.63, 3.8) is 0 Å². The van der Waals surface area contributed by atoms with Gasteiger partial charge in [0.1, 0.15) is 0 Å². The largest absolute Gasteiger partial charge is 0.469 e. The molecule has 0 N–H and O–H groups in total. The summed E-state index contributed by atoms with van der Waals surface area (Å²) in [6.07, 6.45) is 0.0843. The van der Waals surface area contributed by atoms with Crippen LogP contribution >= 0.6 is 11.8 Å². The molecule has 0 aromatic rings. The number of carbonyl (C=O) groups is 2. The molecule has 0 bridgehead atoms. The van der Waals surface area contributed by atoms with Gasteiger partial charge in [0.05, 0.1) is 20.1 Å². The fourth-order valence-electron chi connectivity index (χ4n) is 0.624. The quantitative estimate of drug-likeness (QED) is 0.633. The molecule has 1 unspecified atom stereocenters. The first-order valence-electron chi connectivity index (χ1n) is 4.11. The number of carbonyl (C=O) groups excluding carboxylic acids is 2. The molecule has 0 aliphatic rings. The van der Waals surface area contributed by atoms with E-state index in [4.69, 9.17) is 0 Å². The van der Waals surface area contributed by atoms with Crippen molar-refractivity contribution in [2.45, 2.75) is 18.8 Å². The highest BCUT2D eigenvalue weighted by Crippen LogP contribution is 2.15. The van der Waals surface area contributed by atoms with Gasteiger partial charge in [-0.1, -0.05) is 0 Å². The van der Waals surface area contributed by atoms with Crippen molar-refractivity contribution in [3.05, 3.63) is 0 Å². The van der Waals surface area contributed by atoms with Crippen LogP contribution in [0.3, 0.4) is 0 Å². The molecule has 0 fully saturated rings. The normalized spacial score (nSPS) is 11.9. The standard InChI is InChI=1S/C8H13FO4S/c1-3-13-8(11)7(9)14-5-4-6(10)12-2/h7H,3-5H2,1-2H3. The summed E-state index contributed by atoms with van der Waals surface area (Å²) in [4.78, 5) is 21.4. The topological polar surface area (TPSA) is 52.6 Å². The van der Waals surface area contributed by atoms with Gasteiger partial charge in [-0.15, -0.1) is 11.8 Å². The number of hydrogen-bond donors (Lipinski definition) is 0. The first-order chi connectivity index (χ1) is 6.61. The highest BCUT2D eigenvalue weighted by atomic mass is 32.2. The van der Waals surface area contributed by atoms with E-state index in [-0.39, 0.29) is 18.8 Å². The van der Waals surface area contributed by atoms with E-state index in [1.165, 1.54) is 7.11 Å². The van der Waals surface area contributed by atoms with Crippen molar-refractivity contribution in [2.75, 3.05) is 19.5 Å². The molecule has 0 heterocycles. The lowest BCUT2D eigenvalue weighted by Crippen LogP contribution is -2.16. The summed E-state index contributed by atoms with van der Waals surface area (Å²) in [6, 6.07) is 0. The van der Waals surface area contributed by atoms with Gasteiger partial charge in [-0.2, -0.15) is 0 Å². The third-order valence-electron chi connectivity index (χ3n) is 1.27. The van der Waals surface area contributed by atoms with E-state index < -0.39 is 17.4 Å². The molecule has 0 rings (SSSR count). The SMILES string of the molecule is CCOC(=O)C(F)SCCC(=O)OC. The third-order valence-corrected chi connectivity index (χ3v) is 2.19. The lowest BCUT2D eigenvalue weighted by Gasteiger charge is -2.06. The van der Waals surface area contributed by atoms with Crippen LogP contribution in [0.1, 0.15) is 13.3 Å². The zero-order chi connectivity index (χ0) is 11.0. The van der Waals surface area contributed by atoms with Gasteiger partial charge < -0.3 is 9.47 Å². The fraction of sp³-hybridized carbons (Fsp3) is 0.750. The lowest BCUT2D eigenvalue weighted by atomic mass is 10.5. The van der Waals surface area contributed by atoms with E-state index in [2.05, 4.69) is 9.47 Å². The van der Waals surface area contributed by atoms with E-state index in [0.717, 1.165) is 11.8 Å². The highest BCUT2D eigenvalue weighted by molar-refractivity contribution is 8.00. The molecule has 0 aromatic carbocycles.